The molecule has 3 aromatic rings. The molecule has 0 amide bonds. The van der Waals surface area contributed by atoms with E-state index in [9.17, 15) is 0 Å². The van der Waals surface area contributed by atoms with E-state index in [1.165, 1.54) is 101 Å². The number of aryl methyl sites for hydroxylation is 2. The molecule has 0 saturated heterocycles. The Morgan fingerprint density at radius 2 is 1.50 bits per heavy atom. The van der Waals surface area contributed by atoms with Crippen LogP contribution in [0.2, 0.25) is 0 Å². The summed E-state index contributed by atoms with van der Waals surface area (Å²) in [5.41, 5.74) is 19.2. The van der Waals surface area contributed by atoms with E-state index in [-0.39, 0.29) is 0 Å². The zero-order valence-electron chi connectivity index (χ0n) is 31.7. The van der Waals surface area contributed by atoms with Crippen molar-refractivity contribution < 1.29 is 0 Å². The van der Waals surface area contributed by atoms with Crippen molar-refractivity contribution in [3.63, 3.8) is 0 Å². The van der Waals surface area contributed by atoms with Gasteiger partial charge in [-0.25, -0.2) is 0 Å². The van der Waals surface area contributed by atoms with Gasteiger partial charge in [0.2, 0.25) is 0 Å². The summed E-state index contributed by atoms with van der Waals surface area (Å²) in [6.45, 7) is 24.5. The number of rotatable bonds is 7. The first-order valence-corrected chi connectivity index (χ1v) is 19.2. The molecule has 0 spiro atoms. The zero-order valence-corrected chi connectivity index (χ0v) is 31.7. The maximum Gasteiger partial charge on any atom is 0.000174 e. The van der Waals surface area contributed by atoms with Crippen LogP contribution in [0, 0.1) is 42.9 Å². The predicted octanol–water partition coefficient (Wildman–Crippen LogP) is 14.0. The van der Waals surface area contributed by atoms with Gasteiger partial charge in [-0.15, -0.1) is 0 Å². The van der Waals surface area contributed by atoms with E-state index in [1.807, 2.05) is 0 Å². The van der Waals surface area contributed by atoms with Crippen LogP contribution >= 0.6 is 0 Å². The standard InChI is InChI=1S/C43H50.C5H12/c1-26(2)19-39-29(5)20-37-23-36(25-41(37)43(39)33-12-7-27(3)8-13-33)35-17-18-38-30(6)21-40(42(38)24-35)32-15-10-31(11-16-32)22-34-14-9-28(34)4;1-5(2,3)4/h7-8,12-13,17-18,20-21,23-24,28,30-32,34H,1,9-11,14-16,19,22,25H2,2-6H3;1-4H3. The molecule has 0 heterocycles. The van der Waals surface area contributed by atoms with E-state index >= 15 is 0 Å². The molecule has 0 nitrogen and oxygen atoms in total. The Hall–Kier alpha value is -3.12. The van der Waals surface area contributed by atoms with Gasteiger partial charge in [0.15, 0.2) is 0 Å². The monoisotopic (exact) mass is 638 g/mol. The van der Waals surface area contributed by atoms with Gasteiger partial charge in [-0.1, -0.05) is 120 Å². The first-order chi connectivity index (χ1) is 22.7. The highest BCUT2D eigenvalue weighted by molar-refractivity contribution is 5.94. The molecule has 3 unspecified atom stereocenters. The minimum absolute atomic E-state index is 0.500. The van der Waals surface area contributed by atoms with Crippen LogP contribution in [0.25, 0.3) is 28.3 Å². The van der Waals surface area contributed by atoms with Gasteiger partial charge in [0.05, 0.1) is 0 Å². The number of allylic oxidation sites excluding steroid dienone is 4. The zero-order chi connectivity index (χ0) is 34.3. The van der Waals surface area contributed by atoms with Gasteiger partial charge in [-0.3, -0.25) is 0 Å². The molecule has 3 atom stereocenters. The number of fused-ring (bicyclic) bond motifs is 2. The summed E-state index contributed by atoms with van der Waals surface area (Å²) < 4.78 is 0. The second-order valence-corrected chi connectivity index (χ2v) is 17.9. The van der Waals surface area contributed by atoms with E-state index in [4.69, 9.17) is 0 Å². The van der Waals surface area contributed by atoms with Crippen LogP contribution in [0.3, 0.4) is 0 Å². The van der Waals surface area contributed by atoms with Crippen molar-refractivity contribution in [1.82, 2.24) is 0 Å². The molecule has 2 fully saturated rings. The van der Waals surface area contributed by atoms with Crippen molar-refractivity contribution in [1.29, 1.82) is 0 Å². The summed E-state index contributed by atoms with van der Waals surface area (Å²) in [5, 5.41) is 0. The third-order valence-electron chi connectivity index (χ3n) is 11.7. The Labute approximate surface area is 293 Å². The van der Waals surface area contributed by atoms with Crippen LogP contribution < -0.4 is 0 Å². The average molecular weight is 639 g/mol. The molecule has 4 aliphatic carbocycles. The normalized spacial score (nSPS) is 24.5. The molecular weight excluding hydrogens is 577 g/mol. The fourth-order valence-corrected chi connectivity index (χ4v) is 8.89. The van der Waals surface area contributed by atoms with Crippen molar-refractivity contribution in [2.75, 3.05) is 0 Å². The molecule has 0 N–H and O–H groups in total. The van der Waals surface area contributed by atoms with Crippen LogP contribution in [0.4, 0.5) is 0 Å². The van der Waals surface area contributed by atoms with Crippen LogP contribution in [0.1, 0.15) is 144 Å². The van der Waals surface area contributed by atoms with Crippen molar-refractivity contribution >= 4 is 17.2 Å². The molecule has 48 heavy (non-hydrogen) atoms. The average Bonchev–Trinajstić information content (AvgIpc) is 3.59. The predicted molar refractivity (Wildman–Crippen MR) is 211 cm³/mol. The van der Waals surface area contributed by atoms with Crippen molar-refractivity contribution in [2.45, 2.75) is 126 Å². The fourth-order valence-electron chi connectivity index (χ4n) is 8.89. The fraction of sp³-hybridized carbons (Fsp3) is 0.500. The molecule has 3 aromatic carbocycles. The van der Waals surface area contributed by atoms with Gasteiger partial charge in [0.25, 0.3) is 0 Å². The topological polar surface area (TPSA) is 0 Å². The Morgan fingerprint density at radius 1 is 0.833 bits per heavy atom. The van der Waals surface area contributed by atoms with Gasteiger partial charge in [0, 0.05) is 5.92 Å². The third-order valence-corrected chi connectivity index (χ3v) is 11.7. The highest BCUT2D eigenvalue weighted by Crippen LogP contribution is 2.49. The summed E-state index contributed by atoms with van der Waals surface area (Å²) in [7, 11) is 0. The molecule has 0 aliphatic heterocycles. The third kappa shape index (κ3) is 7.69. The summed E-state index contributed by atoms with van der Waals surface area (Å²) in [6.07, 6.45) is 17.1. The maximum atomic E-state index is 4.29. The maximum absolute atomic E-state index is 4.29. The second kappa shape index (κ2) is 14.0. The molecular formula is C48H62. The van der Waals surface area contributed by atoms with Crippen LogP contribution in [0.15, 0.2) is 66.8 Å². The molecule has 0 bridgehead atoms. The summed E-state index contributed by atoms with van der Waals surface area (Å²) in [4.78, 5) is 0. The second-order valence-electron chi connectivity index (χ2n) is 17.9. The minimum Gasteiger partial charge on any atom is -0.0998 e. The van der Waals surface area contributed by atoms with Crippen molar-refractivity contribution in [3.05, 3.63) is 111 Å². The molecule has 0 heteroatoms. The lowest BCUT2D eigenvalue weighted by Crippen LogP contribution is -2.27. The van der Waals surface area contributed by atoms with E-state index < -0.39 is 0 Å². The van der Waals surface area contributed by atoms with Gasteiger partial charge in [-0.2, -0.15) is 0 Å². The first kappa shape index (κ1) is 34.7. The highest BCUT2D eigenvalue weighted by atomic mass is 14.4. The minimum atomic E-state index is 0.500. The van der Waals surface area contributed by atoms with Crippen LogP contribution in [-0.2, 0) is 12.8 Å². The molecule has 2 saturated carbocycles. The van der Waals surface area contributed by atoms with E-state index in [0.717, 1.165) is 36.5 Å². The van der Waals surface area contributed by atoms with Crippen LogP contribution in [-0.4, -0.2) is 0 Å². The van der Waals surface area contributed by atoms with Gasteiger partial charge >= 0.3 is 0 Å². The van der Waals surface area contributed by atoms with E-state index in [1.54, 1.807) is 16.7 Å². The largest absolute Gasteiger partial charge is 0.0998 e. The number of hydrogen-bond acceptors (Lipinski definition) is 0. The lowest BCUT2D eigenvalue weighted by Gasteiger charge is -2.39. The summed E-state index contributed by atoms with van der Waals surface area (Å²) in [5.74, 6) is 4.24. The summed E-state index contributed by atoms with van der Waals surface area (Å²) >= 11 is 0. The van der Waals surface area contributed by atoms with Crippen LogP contribution in [0.5, 0.6) is 0 Å². The Bertz CT molecular complexity index is 1700. The van der Waals surface area contributed by atoms with Gasteiger partial charge in [-0.05, 0) is 169 Å². The SMILES string of the molecule is C=C(C)Cc1c(C)cc2c(c1-c1ccc(C)cc1)CC(c1ccc3c(c1)C(C1CCC(CC4CCC4C)CC1)=CC3C)=C2.CC(C)(C)C. The smallest absolute Gasteiger partial charge is 0.000174 e. The van der Waals surface area contributed by atoms with Crippen molar-refractivity contribution in [2.24, 2.45) is 29.1 Å². The van der Waals surface area contributed by atoms with Gasteiger partial charge < -0.3 is 0 Å². The molecule has 0 aromatic heterocycles. The molecule has 254 valence electrons. The van der Waals surface area contributed by atoms with Crippen molar-refractivity contribution in [3.8, 4) is 11.1 Å². The lowest BCUT2D eigenvalue weighted by molar-refractivity contribution is 0.137. The molecule has 7 rings (SSSR count). The number of benzene rings is 3. The van der Waals surface area contributed by atoms with E-state index in [0.29, 0.717) is 11.3 Å². The molecule has 4 aliphatic rings. The Balaban J connectivity index is 0.000000749. The first-order valence-electron chi connectivity index (χ1n) is 19.2. The Kier molecular flexibility index (Phi) is 10.1. The Morgan fingerprint density at radius 3 is 2.10 bits per heavy atom. The highest BCUT2D eigenvalue weighted by Gasteiger charge is 2.34. The molecule has 0 radical (unpaired) electrons. The summed E-state index contributed by atoms with van der Waals surface area (Å²) in [6, 6.07) is 19.0. The van der Waals surface area contributed by atoms with Gasteiger partial charge in [0.1, 0.15) is 0 Å². The van der Waals surface area contributed by atoms with E-state index in [2.05, 4.69) is 130 Å². The number of hydrogen-bond donors (Lipinski definition) is 0. The lowest BCUT2D eigenvalue weighted by atomic mass is 9.67. The quantitative estimate of drug-likeness (QED) is 0.226.